The van der Waals surface area contributed by atoms with Crippen molar-refractivity contribution < 1.29 is 35.0 Å². The van der Waals surface area contributed by atoms with Crippen LogP contribution in [0.2, 0.25) is 5.15 Å². The summed E-state index contributed by atoms with van der Waals surface area (Å²) in [6.07, 6.45) is 4.82. The van der Waals surface area contributed by atoms with Gasteiger partial charge in [-0.2, -0.15) is 21.6 Å². The molecular formula is C33H31ClF3N3O6S. The molecule has 2 fully saturated rings. The van der Waals surface area contributed by atoms with E-state index < -0.39 is 33.0 Å². The molecule has 1 N–H and O–H groups in total. The molecule has 4 aromatic rings. The first-order valence-electron chi connectivity index (χ1n) is 15.0. The monoisotopic (exact) mass is 689 g/mol. The number of aromatic nitrogens is 1. The minimum Gasteiger partial charge on any atom is -0.440 e. The smallest absolute Gasteiger partial charge is 0.440 e. The second kappa shape index (κ2) is 11.9. The van der Waals surface area contributed by atoms with Gasteiger partial charge in [0.05, 0.1) is 33.9 Å². The number of hydrogen-bond acceptors (Lipinski definition) is 9. The molecule has 6 rings (SSSR count). The number of carbonyl (C=O) groups excluding carboxylic acids is 1. The Bertz CT molecular complexity index is 2070. The largest absolute Gasteiger partial charge is 0.534 e. The fraction of sp³-hybridized carbons (Fsp3) is 0.364. The molecule has 1 unspecified atom stereocenters. The minimum atomic E-state index is -6.00. The zero-order valence-corrected chi connectivity index (χ0v) is 27.3. The molecule has 0 bridgehead atoms. The van der Waals surface area contributed by atoms with Crippen molar-refractivity contribution in [1.82, 2.24) is 4.98 Å². The van der Waals surface area contributed by atoms with Crippen LogP contribution in [0.3, 0.4) is 0 Å². The van der Waals surface area contributed by atoms with Crippen LogP contribution in [-0.2, 0) is 10.1 Å². The molecule has 14 heteroatoms. The molecule has 0 radical (unpaired) electrons. The van der Waals surface area contributed by atoms with Gasteiger partial charge in [-0.3, -0.25) is 9.59 Å². The van der Waals surface area contributed by atoms with E-state index in [1.54, 1.807) is 13.0 Å². The lowest BCUT2D eigenvalue weighted by atomic mass is 9.93. The second-order valence-corrected chi connectivity index (χ2v) is 14.3. The summed E-state index contributed by atoms with van der Waals surface area (Å²) in [5.41, 5.74) is -2.29. The summed E-state index contributed by atoms with van der Waals surface area (Å²) in [5.74, 6) is -0.222. The summed E-state index contributed by atoms with van der Waals surface area (Å²) in [5, 5.41) is 3.92. The van der Waals surface area contributed by atoms with Gasteiger partial charge in [-0.25, -0.2) is 4.98 Å². The van der Waals surface area contributed by atoms with Crippen molar-refractivity contribution in [2.24, 2.45) is 5.41 Å². The van der Waals surface area contributed by atoms with Crippen molar-refractivity contribution in [2.75, 3.05) is 23.3 Å². The number of benzene rings is 2. The van der Waals surface area contributed by atoms with Gasteiger partial charge in [0.1, 0.15) is 10.7 Å². The van der Waals surface area contributed by atoms with Gasteiger partial charge < -0.3 is 18.8 Å². The maximum absolute atomic E-state index is 13.7. The van der Waals surface area contributed by atoms with Crippen molar-refractivity contribution in [3.8, 4) is 17.0 Å². The van der Waals surface area contributed by atoms with Crippen LogP contribution in [0.25, 0.3) is 22.2 Å². The van der Waals surface area contributed by atoms with E-state index in [1.807, 2.05) is 26.0 Å². The fourth-order valence-electron chi connectivity index (χ4n) is 6.15. The van der Waals surface area contributed by atoms with Gasteiger partial charge in [-0.15, -0.1) is 0 Å². The number of aldehydes is 1. The lowest BCUT2D eigenvalue weighted by Crippen LogP contribution is -2.35. The predicted octanol–water partition coefficient (Wildman–Crippen LogP) is 7.72. The first-order valence-corrected chi connectivity index (χ1v) is 16.8. The first-order chi connectivity index (χ1) is 22.1. The van der Waals surface area contributed by atoms with Gasteiger partial charge >= 0.3 is 15.6 Å². The SMILES string of the molecule is Cc1cc(C(C)Nc2ccc(Cl)nc2-c2ccc(OS(=O)(=O)C(F)(F)F)c(C=O)c2)c2oc(N3CCC4(CC3)CC4)c(C)c(=O)c2c1. The third kappa shape index (κ3) is 6.30. The Morgan fingerprint density at radius 2 is 1.79 bits per heavy atom. The fourth-order valence-corrected chi connectivity index (χ4v) is 6.78. The van der Waals surface area contributed by atoms with E-state index in [1.165, 1.54) is 25.0 Å². The van der Waals surface area contributed by atoms with Crippen LogP contribution in [0.1, 0.15) is 65.7 Å². The number of piperidine rings is 1. The molecule has 248 valence electrons. The number of rotatable bonds is 8. The molecule has 2 aromatic carbocycles. The number of nitrogens with zero attached hydrogens (tertiary/aromatic N) is 2. The molecule has 47 heavy (non-hydrogen) atoms. The van der Waals surface area contributed by atoms with E-state index in [0.29, 0.717) is 39.1 Å². The van der Waals surface area contributed by atoms with Gasteiger partial charge in [-0.1, -0.05) is 17.7 Å². The topological polar surface area (TPSA) is 119 Å². The highest BCUT2D eigenvalue weighted by Crippen LogP contribution is 2.54. The number of anilines is 2. The molecule has 1 saturated heterocycles. The summed E-state index contributed by atoms with van der Waals surface area (Å²) in [4.78, 5) is 32.0. The van der Waals surface area contributed by atoms with Gasteiger partial charge in [-0.05, 0) is 93.8 Å². The molecule has 1 spiro atoms. The summed E-state index contributed by atoms with van der Waals surface area (Å²) < 4.78 is 72.6. The molecule has 1 saturated carbocycles. The van der Waals surface area contributed by atoms with Crippen LogP contribution in [0, 0.1) is 19.3 Å². The Labute approximate surface area is 273 Å². The highest BCUT2D eigenvalue weighted by Gasteiger charge is 2.49. The second-order valence-electron chi connectivity index (χ2n) is 12.3. The average molecular weight is 690 g/mol. The van der Waals surface area contributed by atoms with Gasteiger partial charge in [0.25, 0.3) is 0 Å². The highest BCUT2D eigenvalue weighted by atomic mass is 35.5. The lowest BCUT2D eigenvalue weighted by molar-refractivity contribution is -0.0500. The van der Waals surface area contributed by atoms with Crippen molar-refractivity contribution in [3.63, 3.8) is 0 Å². The molecule has 1 atom stereocenters. The third-order valence-corrected chi connectivity index (χ3v) is 10.2. The van der Waals surface area contributed by atoms with E-state index in [-0.39, 0.29) is 28.1 Å². The maximum atomic E-state index is 13.7. The Hall–Kier alpha value is -4.10. The summed E-state index contributed by atoms with van der Waals surface area (Å²) in [6.45, 7) is 7.19. The van der Waals surface area contributed by atoms with E-state index >= 15 is 0 Å². The van der Waals surface area contributed by atoms with Gasteiger partial charge in [0, 0.05) is 24.2 Å². The van der Waals surface area contributed by atoms with E-state index in [4.69, 9.17) is 16.0 Å². The van der Waals surface area contributed by atoms with Gasteiger partial charge in [0.2, 0.25) is 5.88 Å². The Balaban J connectivity index is 1.36. The maximum Gasteiger partial charge on any atom is 0.534 e. The lowest BCUT2D eigenvalue weighted by Gasteiger charge is -2.33. The van der Waals surface area contributed by atoms with Gasteiger partial charge in [0.15, 0.2) is 17.5 Å². The molecule has 0 amide bonds. The van der Waals surface area contributed by atoms with E-state index in [9.17, 15) is 31.2 Å². The van der Waals surface area contributed by atoms with Crippen LogP contribution in [-0.4, -0.2) is 38.3 Å². The zero-order valence-electron chi connectivity index (χ0n) is 25.7. The average Bonchev–Trinajstić information content (AvgIpc) is 3.78. The summed E-state index contributed by atoms with van der Waals surface area (Å²) in [6, 6.07) is 9.82. The predicted molar refractivity (Wildman–Crippen MR) is 173 cm³/mol. The molecule has 1 aliphatic heterocycles. The Kier molecular flexibility index (Phi) is 8.28. The number of nitrogens with one attached hydrogen (secondary N) is 1. The van der Waals surface area contributed by atoms with Crippen LogP contribution < -0.4 is 19.8 Å². The van der Waals surface area contributed by atoms with Crippen molar-refractivity contribution >= 4 is 50.5 Å². The van der Waals surface area contributed by atoms with Crippen LogP contribution in [0.5, 0.6) is 5.75 Å². The number of fused-ring (bicyclic) bond motifs is 1. The third-order valence-electron chi connectivity index (χ3n) is 9.03. The van der Waals surface area contributed by atoms with Crippen LogP contribution in [0.15, 0.2) is 51.7 Å². The molecule has 3 heterocycles. The van der Waals surface area contributed by atoms with Crippen LogP contribution in [0.4, 0.5) is 24.7 Å². The van der Waals surface area contributed by atoms with Crippen molar-refractivity contribution in [1.29, 1.82) is 0 Å². The van der Waals surface area contributed by atoms with E-state index in [2.05, 4.69) is 19.4 Å². The Morgan fingerprint density at radius 1 is 1.09 bits per heavy atom. The number of alkyl halides is 3. The summed E-state index contributed by atoms with van der Waals surface area (Å²) >= 11 is 6.21. The number of pyridine rings is 1. The Morgan fingerprint density at radius 3 is 2.43 bits per heavy atom. The standard InChI is InChI=1S/C33H31ClF3N3O6S/c1-18-14-23(30-24(15-18)29(42)19(2)31(45-30)40-12-10-32(8-9-32)11-13-40)20(3)38-25-5-7-27(34)39-28(25)21-4-6-26(22(16-21)17-41)46-47(43,44)33(35,36)37/h4-7,14-17,20,38H,8-13H2,1-3H3. The first kappa shape index (κ1) is 32.8. The molecule has 1 aliphatic carbocycles. The number of halogens is 4. The quantitative estimate of drug-likeness (QED) is 0.0858. The molecular weight excluding hydrogens is 659 g/mol. The molecule has 9 nitrogen and oxygen atoms in total. The number of carbonyl (C=O) groups is 1. The highest BCUT2D eigenvalue weighted by molar-refractivity contribution is 7.88. The molecule has 2 aliphatic rings. The van der Waals surface area contributed by atoms with Crippen molar-refractivity contribution in [3.05, 3.63) is 80.1 Å². The van der Waals surface area contributed by atoms with E-state index in [0.717, 1.165) is 43.6 Å². The van der Waals surface area contributed by atoms with Crippen molar-refractivity contribution in [2.45, 2.75) is 58.0 Å². The zero-order chi connectivity index (χ0) is 33.9. The number of hydrogen-bond donors (Lipinski definition) is 1. The normalized spacial score (nSPS) is 16.7. The van der Waals surface area contributed by atoms with Crippen LogP contribution >= 0.6 is 11.6 Å². The number of aryl methyl sites for hydroxylation is 1. The summed E-state index contributed by atoms with van der Waals surface area (Å²) in [7, 11) is -6.00. The molecule has 2 aromatic heterocycles. The minimum absolute atomic E-state index is 0.0902.